The second kappa shape index (κ2) is 7.05. The monoisotopic (exact) mass is 438 g/mol. The predicted molar refractivity (Wildman–Crippen MR) is 113 cm³/mol. The summed E-state index contributed by atoms with van der Waals surface area (Å²) in [6.07, 6.45) is 0. The molecule has 0 spiro atoms. The molecule has 0 unspecified atom stereocenters. The smallest absolute Gasteiger partial charge is 0.312 e. The minimum atomic E-state index is -1.55. The molecule has 0 saturated carbocycles. The first kappa shape index (κ1) is 20.5. The van der Waals surface area contributed by atoms with Gasteiger partial charge in [-0.05, 0) is 45.0 Å². The first-order valence-corrected chi connectivity index (χ1v) is 10.6. The number of ether oxygens (including phenoxy) is 2. The van der Waals surface area contributed by atoms with E-state index in [9.17, 15) is 18.8 Å². The van der Waals surface area contributed by atoms with E-state index in [1.165, 1.54) is 17.0 Å². The number of fused-ring (bicyclic) bond motifs is 6. The van der Waals surface area contributed by atoms with Crippen molar-refractivity contribution in [3.8, 4) is 5.75 Å². The van der Waals surface area contributed by atoms with E-state index in [1.54, 1.807) is 13.8 Å². The standard InChI is InChI=1S/C24H23FN2O5/c1-4-31-22(29)19-16-11-32-18-8-5-12(2)9-15(18)20(16)27-21(28)14-7-6-13(25)10-17(14)26-23(30)24(19,27)3/h5-10,16,19-20H,4,11H2,1-3H3,(H,26,30)/t16-,19-,20+,24-/m1/s1. The number of esters is 1. The lowest BCUT2D eigenvalue weighted by Gasteiger charge is -2.38. The predicted octanol–water partition coefficient (Wildman–Crippen LogP) is 3.23. The SMILES string of the molecule is CCOC(=O)[C@H]1[C@H]2COc3ccc(C)cc3[C@@H]2N2C(=O)c3ccc(F)cc3NC(=O)[C@@]12C. The van der Waals surface area contributed by atoms with Crippen molar-refractivity contribution >= 4 is 23.5 Å². The Hall–Kier alpha value is -3.42. The van der Waals surface area contributed by atoms with Gasteiger partial charge in [-0.2, -0.15) is 0 Å². The number of nitrogens with one attached hydrogen (secondary N) is 1. The maximum Gasteiger partial charge on any atom is 0.312 e. The zero-order chi connectivity index (χ0) is 22.8. The van der Waals surface area contributed by atoms with Crippen molar-refractivity contribution in [1.29, 1.82) is 0 Å². The quantitative estimate of drug-likeness (QED) is 0.728. The molecule has 1 saturated heterocycles. The summed E-state index contributed by atoms with van der Waals surface area (Å²) >= 11 is 0. The minimum Gasteiger partial charge on any atom is -0.493 e. The molecular weight excluding hydrogens is 415 g/mol. The van der Waals surface area contributed by atoms with E-state index >= 15 is 0 Å². The third-order valence-electron chi connectivity index (χ3n) is 6.81. The van der Waals surface area contributed by atoms with Crippen LogP contribution in [-0.4, -0.2) is 41.4 Å². The van der Waals surface area contributed by atoms with E-state index < -0.39 is 47.0 Å². The summed E-state index contributed by atoms with van der Waals surface area (Å²) in [6.45, 7) is 5.50. The first-order valence-electron chi connectivity index (χ1n) is 10.6. The number of amides is 2. The molecule has 3 aliphatic heterocycles. The molecule has 0 radical (unpaired) electrons. The van der Waals surface area contributed by atoms with Gasteiger partial charge in [-0.25, -0.2) is 4.39 Å². The van der Waals surface area contributed by atoms with Crippen LogP contribution in [0.2, 0.25) is 0 Å². The molecule has 5 rings (SSSR count). The van der Waals surface area contributed by atoms with Crippen LogP contribution in [0.15, 0.2) is 36.4 Å². The molecule has 1 N–H and O–H groups in total. The lowest BCUT2D eigenvalue weighted by atomic mass is 9.77. The number of aryl methyl sites for hydroxylation is 1. The van der Waals surface area contributed by atoms with Crippen molar-refractivity contribution in [2.24, 2.45) is 11.8 Å². The van der Waals surface area contributed by atoms with E-state index in [0.717, 1.165) is 17.2 Å². The van der Waals surface area contributed by atoms with Crippen LogP contribution in [0.25, 0.3) is 0 Å². The van der Waals surface area contributed by atoms with Gasteiger partial charge in [0.1, 0.15) is 17.1 Å². The Bertz CT molecular complexity index is 1170. The van der Waals surface area contributed by atoms with Gasteiger partial charge in [0.2, 0.25) is 0 Å². The Balaban J connectivity index is 1.76. The lowest BCUT2D eigenvalue weighted by molar-refractivity contribution is -0.155. The fourth-order valence-corrected chi connectivity index (χ4v) is 5.41. The summed E-state index contributed by atoms with van der Waals surface area (Å²) in [5.74, 6) is -2.97. The van der Waals surface area contributed by atoms with Crippen LogP contribution in [0.5, 0.6) is 5.75 Å². The van der Waals surface area contributed by atoms with Gasteiger partial charge in [-0.1, -0.05) is 17.7 Å². The summed E-state index contributed by atoms with van der Waals surface area (Å²) in [6, 6.07) is 8.75. The number of carbonyl (C=O) groups is 3. The highest BCUT2D eigenvalue weighted by Gasteiger charge is 2.67. The molecule has 7 nitrogen and oxygen atoms in total. The van der Waals surface area contributed by atoms with Crippen molar-refractivity contribution in [2.75, 3.05) is 18.5 Å². The van der Waals surface area contributed by atoms with E-state index in [4.69, 9.17) is 9.47 Å². The van der Waals surface area contributed by atoms with Crippen LogP contribution >= 0.6 is 0 Å². The largest absolute Gasteiger partial charge is 0.493 e. The highest BCUT2D eigenvalue weighted by atomic mass is 19.1. The maximum absolute atomic E-state index is 13.9. The number of hydrogen-bond acceptors (Lipinski definition) is 5. The zero-order valence-electron chi connectivity index (χ0n) is 18.0. The summed E-state index contributed by atoms with van der Waals surface area (Å²) in [4.78, 5) is 42.1. The number of rotatable bonds is 2. The molecule has 8 heteroatoms. The van der Waals surface area contributed by atoms with Crippen molar-refractivity contribution in [3.05, 3.63) is 58.9 Å². The molecule has 0 aliphatic carbocycles. The van der Waals surface area contributed by atoms with E-state index in [0.29, 0.717) is 5.75 Å². The molecule has 4 atom stereocenters. The molecule has 2 amide bonds. The van der Waals surface area contributed by atoms with Gasteiger partial charge in [0.15, 0.2) is 0 Å². The number of carbonyl (C=O) groups excluding carboxylic acids is 3. The second-order valence-electron chi connectivity index (χ2n) is 8.66. The third kappa shape index (κ3) is 2.68. The number of anilines is 1. The number of halogens is 1. The molecule has 32 heavy (non-hydrogen) atoms. The Morgan fingerprint density at radius 3 is 2.81 bits per heavy atom. The topological polar surface area (TPSA) is 84.9 Å². The van der Waals surface area contributed by atoms with Crippen LogP contribution in [0.4, 0.5) is 10.1 Å². The van der Waals surface area contributed by atoms with Crippen molar-refractivity contribution in [3.63, 3.8) is 0 Å². The molecule has 0 bridgehead atoms. The van der Waals surface area contributed by atoms with Crippen LogP contribution < -0.4 is 10.1 Å². The summed E-state index contributed by atoms with van der Waals surface area (Å²) in [5.41, 5.74) is 0.413. The Kier molecular flexibility index (Phi) is 4.51. The molecule has 0 aromatic heterocycles. The normalized spacial score (nSPS) is 27.9. The lowest BCUT2D eigenvalue weighted by Crippen LogP contribution is -2.57. The van der Waals surface area contributed by atoms with Crippen LogP contribution in [0.3, 0.4) is 0 Å². The first-order chi connectivity index (χ1) is 15.3. The van der Waals surface area contributed by atoms with E-state index in [1.807, 2.05) is 25.1 Å². The summed E-state index contributed by atoms with van der Waals surface area (Å²) < 4.78 is 25.2. The van der Waals surface area contributed by atoms with Crippen LogP contribution in [-0.2, 0) is 14.3 Å². The van der Waals surface area contributed by atoms with Gasteiger partial charge in [-0.3, -0.25) is 14.4 Å². The van der Waals surface area contributed by atoms with E-state index in [2.05, 4.69) is 5.32 Å². The molecule has 2 aromatic rings. The van der Waals surface area contributed by atoms with Crippen LogP contribution in [0, 0.1) is 24.6 Å². The van der Waals surface area contributed by atoms with Crippen molar-refractivity contribution < 1.29 is 28.2 Å². The highest BCUT2D eigenvalue weighted by Crippen LogP contribution is 2.56. The Labute approximate surface area is 184 Å². The average molecular weight is 438 g/mol. The van der Waals surface area contributed by atoms with Gasteiger partial charge in [0.25, 0.3) is 11.8 Å². The highest BCUT2D eigenvalue weighted by molar-refractivity contribution is 6.13. The summed E-state index contributed by atoms with van der Waals surface area (Å²) in [5, 5.41) is 2.69. The van der Waals surface area contributed by atoms with Gasteiger partial charge in [0.05, 0.1) is 36.4 Å². The number of hydrogen-bond donors (Lipinski definition) is 1. The second-order valence-corrected chi connectivity index (χ2v) is 8.66. The molecule has 3 aliphatic rings. The average Bonchev–Trinajstić information content (AvgIpc) is 2.99. The van der Waals surface area contributed by atoms with E-state index in [-0.39, 0.29) is 24.5 Å². The van der Waals surface area contributed by atoms with Gasteiger partial charge >= 0.3 is 5.97 Å². The Morgan fingerprint density at radius 1 is 1.28 bits per heavy atom. The fourth-order valence-electron chi connectivity index (χ4n) is 5.41. The van der Waals surface area contributed by atoms with Gasteiger partial charge in [0, 0.05) is 11.5 Å². The van der Waals surface area contributed by atoms with Gasteiger partial charge < -0.3 is 19.7 Å². The minimum absolute atomic E-state index is 0.0892. The molecule has 3 heterocycles. The molecule has 2 aromatic carbocycles. The maximum atomic E-state index is 13.9. The van der Waals surface area contributed by atoms with Crippen LogP contribution in [0.1, 0.15) is 41.4 Å². The van der Waals surface area contributed by atoms with Crippen molar-refractivity contribution in [2.45, 2.75) is 32.4 Å². The zero-order valence-corrected chi connectivity index (χ0v) is 18.0. The number of nitrogens with zero attached hydrogens (tertiary/aromatic N) is 1. The number of benzene rings is 2. The summed E-state index contributed by atoms with van der Waals surface area (Å²) in [7, 11) is 0. The Morgan fingerprint density at radius 2 is 2.06 bits per heavy atom. The molecular formula is C24H23FN2O5. The molecule has 1 fully saturated rings. The fraction of sp³-hybridized carbons (Fsp3) is 0.375. The molecule has 166 valence electrons. The van der Waals surface area contributed by atoms with Crippen molar-refractivity contribution in [1.82, 2.24) is 4.90 Å². The van der Waals surface area contributed by atoms with Gasteiger partial charge in [-0.15, -0.1) is 0 Å². The third-order valence-corrected chi connectivity index (χ3v) is 6.81.